The minimum atomic E-state index is -0.105. The molecule has 0 atom stereocenters. The molecule has 0 aliphatic rings. The van der Waals surface area contributed by atoms with Gasteiger partial charge in [-0.3, -0.25) is 9.48 Å². The van der Waals surface area contributed by atoms with Crippen LogP contribution in [0, 0.1) is 0 Å². The van der Waals surface area contributed by atoms with Crippen LogP contribution in [0.25, 0.3) is 0 Å². The van der Waals surface area contributed by atoms with E-state index in [0.29, 0.717) is 31.9 Å². The van der Waals surface area contributed by atoms with E-state index in [9.17, 15) is 4.79 Å². The number of hydrogen-bond acceptors (Lipinski definition) is 4. The van der Waals surface area contributed by atoms with Crippen molar-refractivity contribution < 1.29 is 9.53 Å². The summed E-state index contributed by atoms with van der Waals surface area (Å²) >= 11 is 0. The predicted molar refractivity (Wildman–Crippen MR) is 64.8 cm³/mol. The zero-order valence-electron chi connectivity index (χ0n) is 10.4. The maximum atomic E-state index is 11.8. The number of nitrogens with one attached hydrogen (secondary N) is 1. The number of amides is 1. The summed E-state index contributed by atoms with van der Waals surface area (Å²) in [4.78, 5) is 11.8. The van der Waals surface area contributed by atoms with Crippen molar-refractivity contribution in [1.82, 2.24) is 15.1 Å². The van der Waals surface area contributed by atoms with Crippen LogP contribution in [0.5, 0.6) is 0 Å². The SMILES string of the molecule is CCc1nn(C)cc1C(=O)NCCOCCN. The standard InChI is InChI=1S/C11H20N4O2/c1-3-10-9(8-15(2)14-10)11(16)13-5-7-17-6-4-12/h8H,3-7,12H2,1-2H3,(H,13,16). The van der Waals surface area contributed by atoms with Crippen LogP contribution in [0.2, 0.25) is 0 Å². The van der Waals surface area contributed by atoms with Gasteiger partial charge in [0.15, 0.2) is 0 Å². The molecule has 3 N–H and O–H groups in total. The number of ether oxygens (including phenoxy) is 1. The Hall–Kier alpha value is -1.40. The van der Waals surface area contributed by atoms with E-state index in [2.05, 4.69) is 10.4 Å². The molecular weight excluding hydrogens is 220 g/mol. The Morgan fingerprint density at radius 1 is 1.59 bits per heavy atom. The van der Waals surface area contributed by atoms with Crippen molar-refractivity contribution >= 4 is 5.91 Å². The molecule has 17 heavy (non-hydrogen) atoms. The highest BCUT2D eigenvalue weighted by atomic mass is 16.5. The molecule has 0 radical (unpaired) electrons. The van der Waals surface area contributed by atoms with Crippen LogP contribution in [0.3, 0.4) is 0 Å². The van der Waals surface area contributed by atoms with Crippen LogP contribution < -0.4 is 11.1 Å². The molecule has 6 nitrogen and oxygen atoms in total. The summed E-state index contributed by atoms with van der Waals surface area (Å²) in [5, 5.41) is 7.00. The van der Waals surface area contributed by atoms with E-state index < -0.39 is 0 Å². The number of nitrogens with two attached hydrogens (primary N) is 1. The Balaban J connectivity index is 2.41. The van der Waals surface area contributed by atoms with Gasteiger partial charge >= 0.3 is 0 Å². The first-order chi connectivity index (χ1) is 8.19. The van der Waals surface area contributed by atoms with Crippen LogP contribution in [0.15, 0.2) is 6.20 Å². The average molecular weight is 240 g/mol. The molecule has 0 bridgehead atoms. The third-order valence-electron chi connectivity index (χ3n) is 2.28. The molecule has 1 aromatic heterocycles. The molecule has 0 saturated carbocycles. The Kier molecular flexibility index (Phi) is 5.65. The lowest BCUT2D eigenvalue weighted by atomic mass is 10.2. The lowest BCUT2D eigenvalue weighted by molar-refractivity contribution is 0.0919. The molecule has 0 aliphatic carbocycles. The number of carbonyl (C=O) groups is 1. The van der Waals surface area contributed by atoms with Crippen molar-refractivity contribution in [2.75, 3.05) is 26.3 Å². The lowest BCUT2D eigenvalue weighted by Gasteiger charge is -2.05. The van der Waals surface area contributed by atoms with Gasteiger partial charge in [0.1, 0.15) is 0 Å². The van der Waals surface area contributed by atoms with Gasteiger partial charge in [-0.15, -0.1) is 0 Å². The Morgan fingerprint density at radius 2 is 2.35 bits per heavy atom. The van der Waals surface area contributed by atoms with E-state index in [0.717, 1.165) is 12.1 Å². The van der Waals surface area contributed by atoms with E-state index in [1.807, 2.05) is 6.92 Å². The zero-order valence-corrected chi connectivity index (χ0v) is 10.4. The molecular formula is C11H20N4O2. The highest BCUT2D eigenvalue weighted by Gasteiger charge is 2.13. The summed E-state index contributed by atoms with van der Waals surface area (Å²) < 4.78 is 6.82. The van der Waals surface area contributed by atoms with E-state index in [-0.39, 0.29) is 5.91 Å². The second-order valence-electron chi connectivity index (χ2n) is 3.67. The van der Waals surface area contributed by atoms with Gasteiger partial charge in [0.05, 0.1) is 24.5 Å². The minimum Gasteiger partial charge on any atom is -0.378 e. The van der Waals surface area contributed by atoms with Crippen LogP contribution in [0.1, 0.15) is 23.0 Å². The normalized spacial score (nSPS) is 10.5. The summed E-state index contributed by atoms with van der Waals surface area (Å²) in [6.45, 7) is 3.95. The number of rotatable bonds is 7. The summed E-state index contributed by atoms with van der Waals surface area (Å²) in [6.07, 6.45) is 2.47. The van der Waals surface area contributed by atoms with Gasteiger partial charge in [0.25, 0.3) is 5.91 Å². The topological polar surface area (TPSA) is 82.2 Å². The molecule has 96 valence electrons. The first kappa shape index (κ1) is 13.7. The summed E-state index contributed by atoms with van der Waals surface area (Å²) in [7, 11) is 1.81. The second kappa shape index (κ2) is 7.03. The third-order valence-corrected chi connectivity index (χ3v) is 2.28. The van der Waals surface area contributed by atoms with Crippen molar-refractivity contribution in [2.24, 2.45) is 12.8 Å². The number of aromatic nitrogens is 2. The molecule has 0 spiro atoms. The molecule has 0 unspecified atom stereocenters. The number of aryl methyl sites for hydroxylation is 2. The first-order valence-electron chi connectivity index (χ1n) is 5.77. The summed E-state index contributed by atoms with van der Waals surface area (Å²) in [5.74, 6) is -0.105. The summed E-state index contributed by atoms with van der Waals surface area (Å²) in [6, 6.07) is 0. The minimum absolute atomic E-state index is 0.105. The van der Waals surface area contributed by atoms with Crippen LogP contribution in [-0.2, 0) is 18.2 Å². The lowest BCUT2D eigenvalue weighted by Crippen LogP contribution is -2.28. The fourth-order valence-corrected chi connectivity index (χ4v) is 1.50. The number of hydrogen-bond donors (Lipinski definition) is 2. The van der Waals surface area contributed by atoms with Gasteiger partial charge in [0.2, 0.25) is 0 Å². The van der Waals surface area contributed by atoms with E-state index in [4.69, 9.17) is 10.5 Å². The summed E-state index contributed by atoms with van der Waals surface area (Å²) in [5.41, 5.74) is 6.72. The van der Waals surface area contributed by atoms with Crippen LogP contribution in [0.4, 0.5) is 0 Å². The number of carbonyl (C=O) groups excluding carboxylic acids is 1. The molecule has 0 aliphatic heterocycles. The Morgan fingerprint density at radius 3 is 3.00 bits per heavy atom. The molecule has 6 heteroatoms. The molecule has 1 heterocycles. The van der Waals surface area contributed by atoms with E-state index in [1.165, 1.54) is 0 Å². The smallest absolute Gasteiger partial charge is 0.254 e. The van der Waals surface area contributed by atoms with Crippen molar-refractivity contribution in [3.63, 3.8) is 0 Å². The second-order valence-corrected chi connectivity index (χ2v) is 3.67. The van der Waals surface area contributed by atoms with Crippen molar-refractivity contribution in [3.05, 3.63) is 17.5 Å². The number of nitrogens with zero attached hydrogens (tertiary/aromatic N) is 2. The van der Waals surface area contributed by atoms with Gasteiger partial charge in [-0.25, -0.2) is 0 Å². The fraction of sp³-hybridized carbons (Fsp3) is 0.636. The highest BCUT2D eigenvalue weighted by molar-refractivity contribution is 5.95. The molecule has 1 rings (SSSR count). The van der Waals surface area contributed by atoms with Gasteiger partial charge < -0.3 is 15.8 Å². The highest BCUT2D eigenvalue weighted by Crippen LogP contribution is 2.06. The van der Waals surface area contributed by atoms with Gasteiger partial charge in [0, 0.05) is 26.3 Å². The zero-order chi connectivity index (χ0) is 12.7. The molecule has 1 aromatic rings. The van der Waals surface area contributed by atoms with Gasteiger partial charge in [-0.1, -0.05) is 6.92 Å². The monoisotopic (exact) mass is 240 g/mol. The molecule has 0 aromatic carbocycles. The Bertz CT molecular complexity index is 362. The van der Waals surface area contributed by atoms with Gasteiger partial charge in [-0.05, 0) is 6.42 Å². The van der Waals surface area contributed by atoms with Crippen LogP contribution in [-0.4, -0.2) is 42.0 Å². The first-order valence-corrected chi connectivity index (χ1v) is 5.77. The van der Waals surface area contributed by atoms with Crippen LogP contribution >= 0.6 is 0 Å². The molecule has 0 saturated heterocycles. The average Bonchev–Trinajstić information content (AvgIpc) is 2.70. The molecule has 0 fully saturated rings. The quantitative estimate of drug-likeness (QED) is 0.640. The van der Waals surface area contributed by atoms with Crippen molar-refractivity contribution in [3.8, 4) is 0 Å². The van der Waals surface area contributed by atoms with Crippen molar-refractivity contribution in [2.45, 2.75) is 13.3 Å². The van der Waals surface area contributed by atoms with E-state index in [1.54, 1.807) is 17.9 Å². The van der Waals surface area contributed by atoms with Crippen molar-refractivity contribution in [1.29, 1.82) is 0 Å². The Labute approximate surface area is 101 Å². The van der Waals surface area contributed by atoms with Gasteiger partial charge in [-0.2, -0.15) is 5.10 Å². The molecule has 1 amide bonds. The fourth-order valence-electron chi connectivity index (χ4n) is 1.50. The maximum Gasteiger partial charge on any atom is 0.254 e. The maximum absolute atomic E-state index is 11.8. The predicted octanol–water partition coefficient (Wildman–Crippen LogP) is -0.312. The third kappa shape index (κ3) is 4.16. The van der Waals surface area contributed by atoms with E-state index >= 15 is 0 Å². The largest absolute Gasteiger partial charge is 0.378 e.